The summed E-state index contributed by atoms with van der Waals surface area (Å²) in [7, 11) is 0. The van der Waals surface area contributed by atoms with E-state index in [0.29, 0.717) is 11.7 Å². The van der Waals surface area contributed by atoms with Crippen LogP contribution in [0.4, 0.5) is 15.8 Å². The van der Waals surface area contributed by atoms with Crippen LogP contribution in [0.1, 0.15) is 32.1 Å². The number of anilines is 1. The fraction of sp³-hybridized carbons (Fsp3) is 0.625. The van der Waals surface area contributed by atoms with Crippen LogP contribution in [0.15, 0.2) is 18.2 Å². The molecule has 3 rings (SSSR count). The van der Waals surface area contributed by atoms with Gasteiger partial charge >= 0.3 is 0 Å². The first-order valence-electron chi connectivity index (χ1n) is 8.08. The number of nitro groups is 1. The molecule has 0 atom stereocenters. The van der Waals surface area contributed by atoms with Crippen LogP contribution in [0, 0.1) is 15.9 Å². The van der Waals surface area contributed by atoms with Crippen LogP contribution in [0.2, 0.25) is 0 Å². The first-order valence-corrected chi connectivity index (χ1v) is 8.08. The number of nitro benzene ring substituents is 1. The highest BCUT2D eigenvalue weighted by Gasteiger charge is 2.28. The van der Waals surface area contributed by atoms with E-state index in [1.54, 1.807) is 0 Å². The number of piperazine rings is 1. The van der Waals surface area contributed by atoms with Crippen molar-refractivity contribution in [2.24, 2.45) is 0 Å². The smallest absolute Gasteiger partial charge is 0.295 e. The highest BCUT2D eigenvalue weighted by atomic mass is 19.1. The number of halogens is 1. The van der Waals surface area contributed by atoms with Gasteiger partial charge in [-0.3, -0.25) is 15.0 Å². The lowest BCUT2D eigenvalue weighted by atomic mass is 9.94. The van der Waals surface area contributed by atoms with Gasteiger partial charge in [0.2, 0.25) is 0 Å². The molecule has 0 unspecified atom stereocenters. The standard InChI is InChI=1S/C16H22FN3O2/c17-13-6-7-15(16(12-13)20(21)22)19-10-8-18(9-11-19)14-4-2-1-3-5-14/h6-7,12,14H,1-5,8-11H2. The fourth-order valence-electron chi connectivity index (χ4n) is 3.68. The van der Waals surface area contributed by atoms with E-state index in [1.165, 1.54) is 44.2 Å². The maximum atomic E-state index is 13.2. The van der Waals surface area contributed by atoms with Crippen molar-refractivity contribution in [1.29, 1.82) is 0 Å². The van der Waals surface area contributed by atoms with Gasteiger partial charge in [0.15, 0.2) is 0 Å². The second-order valence-electron chi connectivity index (χ2n) is 6.20. The molecule has 120 valence electrons. The van der Waals surface area contributed by atoms with E-state index in [0.717, 1.165) is 32.2 Å². The van der Waals surface area contributed by atoms with E-state index in [2.05, 4.69) is 4.90 Å². The third kappa shape index (κ3) is 3.21. The number of nitrogens with zero attached hydrogens (tertiary/aromatic N) is 3. The molecule has 22 heavy (non-hydrogen) atoms. The number of benzene rings is 1. The maximum Gasteiger partial charge on any atom is 0.295 e. The molecule has 0 amide bonds. The summed E-state index contributed by atoms with van der Waals surface area (Å²) in [6.45, 7) is 3.39. The zero-order valence-corrected chi connectivity index (χ0v) is 12.7. The van der Waals surface area contributed by atoms with Crippen LogP contribution in [-0.2, 0) is 0 Å². The SMILES string of the molecule is O=[N+]([O-])c1cc(F)ccc1N1CCN(C2CCCCC2)CC1. The summed E-state index contributed by atoms with van der Waals surface area (Å²) in [5, 5.41) is 11.1. The molecule has 2 aliphatic rings. The minimum Gasteiger partial charge on any atom is -0.363 e. The zero-order valence-electron chi connectivity index (χ0n) is 12.7. The van der Waals surface area contributed by atoms with E-state index in [4.69, 9.17) is 0 Å². The topological polar surface area (TPSA) is 49.6 Å². The molecular weight excluding hydrogens is 285 g/mol. The Morgan fingerprint density at radius 1 is 1.09 bits per heavy atom. The molecule has 0 bridgehead atoms. The van der Waals surface area contributed by atoms with Crippen LogP contribution >= 0.6 is 0 Å². The van der Waals surface area contributed by atoms with Crippen LogP contribution in [0.5, 0.6) is 0 Å². The van der Waals surface area contributed by atoms with Gasteiger partial charge in [-0.25, -0.2) is 4.39 Å². The zero-order chi connectivity index (χ0) is 15.5. The highest BCUT2D eigenvalue weighted by molar-refractivity contribution is 5.63. The second-order valence-corrected chi connectivity index (χ2v) is 6.20. The van der Waals surface area contributed by atoms with Crippen molar-refractivity contribution in [3.8, 4) is 0 Å². The molecule has 1 heterocycles. The van der Waals surface area contributed by atoms with Gasteiger partial charge in [0.05, 0.1) is 11.0 Å². The largest absolute Gasteiger partial charge is 0.363 e. The Morgan fingerprint density at radius 3 is 2.41 bits per heavy atom. The number of hydrogen-bond acceptors (Lipinski definition) is 4. The fourth-order valence-corrected chi connectivity index (χ4v) is 3.68. The summed E-state index contributed by atoms with van der Waals surface area (Å²) >= 11 is 0. The summed E-state index contributed by atoms with van der Waals surface area (Å²) in [4.78, 5) is 15.2. The van der Waals surface area contributed by atoms with E-state index in [-0.39, 0.29) is 5.69 Å². The molecule has 0 radical (unpaired) electrons. The maximum absolute atomic E-state index is 13.2. The molecule has 1 saturated heterocycles. The normalized spacial score (nSPS) is 21.0. The van der Waals surface area contributed by atoms with Gasteiger partial charge in [0.25, 0.3) is 5.69 Å². The lowest BCUT2D eigenvalue weighted by Crippen LogP contribution is -2.51. The molecule has 1 aliphatic carbocycles. The average Bonchev–Trinajstić information content (AvgIpc) is 2.56. The van der Waals surface area contributed by atoms with Gasteiger partial charge < -0.3 is 4.90 Å². The minimum atomic E-state index is -0.559. The van der Waals surface area contributed by atoms with Gasteiger partial charge in [0, 0.05) is 32.2 Å². The van der Waals surface area contributed by atoms with Crippen LogP contribution in [0.25, 0.3) is 0 Å². The number of hydrogen-bond donors (Lipinski definition) is 0. The van der Waals surface area contributed by atoms with Gasteiger partial charge in [-0.15, -0.1) is 0 Å². The lowest BCUT2D eigenvalue weighted by Gasteiger charge is -2.41. The Hall–Kier alpha value is -1.69. The predicted molar refractivity (Wildman–Crippen MR) is 83.7 cm³/mol. The molecule has 1 aliphatic heterocycles. The molecule has 0 N–H and O–H groups in total. The molecule has 1 aromatic rings. The third-order valence-electron chi connectivity index (χ3n) is 4.88. The first kappa shape index (κ1) is 15.2. The van der Waals surface area contributed by atoms with Crippen molar-refractivity contribution in [1.82, 2.24) is 4.90 Å². The first-order chi connectivity index (χ1) is 10.6. The highest BCUT2D eigenvalue weighted by Crippen LogP contribution is 2.31. The predicted octanol–water partition coefficient (Wildman–Crippen LogP) is 3.19. The van der Waals surface area contributed by atoms with Crippen molar-refractivity contribution in [3.05, 3.63) is 34.1 Å². The molecule has 2 fully saturated rings. The van der Waals surface area contributed by atoms with Crippen molar-refractivity contribution in [2.45, 2.75) is 38.1 Å². The summed E-state index contributed by atoms with van der Waals surface area (Å²) in [6, 6.07) is 4.53. The van der Waals surface area contributed by atoms with Crippen molar-refractivity contribution >= 4 is 11.4 Å². The molecule has 1 saturated carbocycles. The molecule has 0 spiro atoms. The Morgan fingerprint density at radius 2 is 1.77 bits per heavy atom. The average molecular weight is 307 g/mol. The Balaban J connectivity index is 1.67. The van der Waals surface area contributed by atoms with Crippen molar-refractivity contribution < 1.29 is 9.31 Å². The van der Waals surface area contributed by atoms with E-state index in [1.807, 2.05) is 4.90 Å². The van der Waals surface area contributed by atoms with Crippen molar-refractivity contribution in [2.75, 3.05) is 31.1 Å². The Kier molecular flexibility index (Phi) is 4.57. The summed E-state index contributed by atoms with van der Waals surface area (Å²) in [6.07, 6.45) is 6.52. The molecule has 6 heteroatoms. The second kappa shape index (κ2) is 6.60. The van der Waals surface area contributed by atoms with E-state index < -0.39 is 10.7 Å². The summed E-state index contributed by atoms with van der Waals surface area (Å²) < 4.78 is 13.2. The molecule has 5 nitrogen and oxygen atoms in total. The lowest BCUT2D eigenvalue weighted by molar-refractivity contribution is -0.384. The van der Waals surface area contributed by atoms with Crippen LogP contribution < -0.4 is 4.90 Å². The summed E-state index contributed by atoms with van der Waals surface area (Å²) in [5.41, 5.74) is 0.404. The van der Waals surface area contributed by atoms with Crippen LogP contribution in [0.3, 0.4) is 0 Å². The van der Waals surface area contributed by atoms with E-state index in [9.17, 15) is 14.5 Å². The third-order valence-corrected chi connectivity index (χ3v) is 4.88. The number of rotatable bonds is 3. The molecule has 0 aromatic heterocycles. The Bertz CT molecular complexity index is 538. The van der Waals surface area contributed by atoms with Gasteiger partial charge in [-0.2, -0.15) is 0 Å². The van der Waals surface area contributed by atoms with Gasteiger partial charge in [-0.05, 0) is 25.0 Å². The van der Waals surface area contributed by atoms with Gasteiger partial charge in [0.1, 0.15) is 11.5 Å². The van der Waals surface area contributed by atoms with E-state index >= 15 is 0 Å². The quantitative estimate of drug-likeness (QED) is 0.635. The molecular formula is C16H22FN3O2. The van der Waals surface area contributed by atoms with Gasteiger partial charge in [-0.1, -0.05) is 19.3 Å². The Labute approximate surface area is 129 Å². The minimum absolute atomic E-state index is 0.133. The van der Waals surface area contributed by atoms with Crippen molar-refractivity contribution in [3.63, 3.8) is 0 Å². The van der Waals surface area contributed by atoms with Crippen LogP contribution in [-0.4, -0.2) is 42.0 Å². The summed E-state index contributed by atoms with van der Waals surface area (Å²) in [5.74, 6) is -0.559. The monoisotopic (exact) mass is 307 g/mol. The molecule has 1 aromatic carbocycles.